The van der Waals surface area contributed by atoms with Crippen LogP contribution >= 0.6 is 39.1 Å². The summed E-state index contributed by atoms with van der Waals surface area (Å²) in [7, 11) is 0. The van der Waals surface area contributed by atoms with E-state index in [2.05, 4.69) is 21.2 Å². The summed E-state index contributed by atoms with van der Waals surface area (Å²) in [5.41, 5.74) is 2.50. The molecule has 0 atom stereocenters. The van der Waals surface area contributed by atoms with E-state index < -0.39 is 0 Å². The standard InChI is InChI=1S/C22H19BrCl2FNO2/c1-2-28-21-10-15(12-27-20-7-6-16(24)11-19(20)25)9-18(23)22(21)29-13-14-4-3-5-17(26)8-14/h3-11,27H,2,12-13H2,1H3. The predicted octanol–water partition coefficient (Wildman–Crippen LogP) is 7.48. The minimum absolute atomic E-state index is 0.231. The van der Waals surface area contributed by atoms with Gasteiger partial charge >= 0.3 is 0 Å². The Balaban J connectivity index is 1.76. The van der Waals surface area contributed by atoms with E-state index in [9.17, 15) is 4.39 Å². The summed E-state index contributed by atoms with van der Waals surface area (Å²) in [6, 6.07) is 15.5. The normalized spacial score (nSPS) is 10.7. The van der Waals surface area contributed by atoms with Gasteiger partial charge in [0.2, 0.25) is 0 Å². The maximum Gasteiger partial charge on any atom is 0.175 e. The van der Waals surface area contributed by atoms with E-state index in [1.54, 1.807) is 18.2 Å². The fourth-order valence-electron chi connectivity index (χ4n) is 2.74. The highest BCUT2D eigenvalue weighted by Crippen LogP contribution is 2.38. The van der Waals surface area contributed by atoms with E-state index in [0.29, 0.717) is 34.7 Å². The van der Waals surface area contributed by atoms with Crippen LogP contribution in [0.5, 0.6) is 11.5 Å². The van der Waals surface area contributed by atoms with Crippen LogP contribution in [-0.2, 0) is 13.2 Å². The molecule has 0 aliphatic rings. The molecule has 0 fully saturated rings. The predicted molar refractivity (Wildman–Crippen MR) is 120 cm³/mol. The van der Waals surface area contributed by atoms with Crippen molar-refractivity contribution in [2.24, 2.45) is 0 Å². The van der Waals surface area contributed by atoms with Gasteiger partial charge in [0.25, 0.3) is 0 Å². The SMILES string of the molecule is CCOc1cc(CNc2ccc(Cl)cc2Cl)cc(Br)c1OCc1cccc(F)c1. The Morgan fingerprint density at radius 1 is 1.00 bits per heavy atom. The zero-order valence-corrected chi connectivity index (χ0v) is 18.7. The van der Waals surface area contributed by atoms with E-state index in [4.69, 9.17) is 32.7 Å². The van der Waals surface area contributed by atoms with Gasteiger partial charge in [-0.05, 0) is 76.4 Å². The lowest BCUT2D eigenvalue weighted by atomic mass is 10.2. The van der Waals surface area contributed by atoms with Gasteiger partial charge in [-0.1, -0.05) is 35.3 Å². The maximum absolute atomic E-state index is 13.4. The second kappa shape index (κ2) is 10.2. The molecule has 152 valence electrons. The Labute approximate surface area is 187 Å². The third kappa shape index (κ3) is 6.01. The number of benzene rings is 3. The number of hydrogen-bond donors (Lipinski definition) is 1. The monoisotopic (exact) mass is 497 g/mol. The lowest BCUT2D eigenvalue weighted by molar-refractivity contribution is 0.267. The van der Waals surface area contributed by atoms with Crippen molar-refractivity contribution in [1.29, 1.82) is 0 Å². The van der Waals surface area contributed by atoms with Crippen molar-refractivity contribution in [3.63, 3.8) is 0 Å². The van der Waals surface area contributed by atoms with Crippen molar-refractivity contribution in [1.82, 2.24) is 0 Å². The minimum Gasteiger partial charge on any atom is -0.490 e. The van der Waals surface area contributed by atoms with Crippen molar-refractivity contribution in [3.8, 4) is 11.5 Å². The number of anilines is 1. The molecule has 3 rings (SSSR count). The molecule has 0 amide bonds. The Kier molecular flexibility index (Phi) is 7.64. The van der Waals surface area contributed by atoms with Gasteiger partial charge in [0.05, 0.1) is 21.8 Å². The summed E-state index contributed by atoms with van der Waals surface area (Å²) in [5.74, 6) is 0.888. The Morgan fingerprint density at radius 2 is 1.83 bits per heavy atom. The molecular formula is C22H19BrCl2FNO2. The third-order valence-corrected chi connectivity index (χ3v) is 5.19. The first kappa shape index (κ1) is 21.8. The topological polar surface area (TPSA) is 30.5 Å². The molecule has 0 saturated carbocycles. The number of hydrogen-bond acceptors (Lipinski definition) is 3. The molecular weight excluding hydrogens is 480 g/mol. The van der Waals surface area contributed by atoms with Crippen molar-refractivity contribution in [3.05, 3.63) is 86.1 Å². The smallest absolute Gasteiger partial charge is 0.175 e. The molecule has 0 unspecified atom stereocenters. The lowest BCUT2D eigenvalue weighted by Crippen LogP contribution is -2.04. The van der Waals surface area contributed by atoms with E-state index in [0.717, 1.165) is 21.3 Å². The molecule has 1 N–H and O–H groups in total. The molecule has 0 spiro atoms. The molecule has 0 aliphatic heterocycles. The molecule has 0 aliphatic carbocycles. The quantitative estimate of drug-likeness (QED) is 0.349. The van der Waals surface area contributed by atoms with Gasteiger partial charge in [0, 0.05) is 11.6 Å². The van der Waals surface area contributed by atoms with E-state index >= 15 is 0 Å². The molecule has 0 aromatic heterocycles. The van der Waals surface area contributed by atoms with Crippen LogP contribution in [0, 0.1) is 5.82 Å². The van der Waals surface area contributed by atoms with Gasteiger partial charge in [0.15, 0.2) is 11.5 Å². The number of ether oxygens (including phenoxy) is 2. The zero-order chi connectivity index (χ0) is 20.8. The molecule has 0 bridgehead atoms. The number of halogens is 4. The fourth-order valence-corrected chi connectivity index (χ4v) is 3.82. The minimum atomic E-state index is -0.294. The van der Waals surface area contributed by atoms with Crippen molar-refractivity contribution < 1.29 is 13.9 Å². The van der Waals surface area contributed by atoms with Crippen LogP contribution in [0.15, 0.2) is 59.1 Å². The molecule has 0 saturated heterocycles. The van der Waals surface area contributed by atoms with Gasteiger partial charge in [-0.3, -0.25) is 0 Å². The summed E-state index contributed by atoms with van der Waals surface area (Å²) in [6.45, 7) is 3.16. The second-order valence-corrected chi connectivity index (χ2v) is 7.93. The van der Waals surface area contributed by atoms with E-state index in [-0.39, 0.29) is 12.4 Å². The molecule has 29 heavy (non-hydrogen) atoms. The largest absolute Gasteiger partial charge is 0.490 e. The number of nitrogens with one attached hydrogen (secondary N) is 1. The third-order valence-electron chi connectivity index (χ3n) is 4.06. The van der Waals surface area contributed by atoms with Crippen LogP contribution in [-0.4, -0.2) is 6.61 Å². The van der Waals surface area contributed by atoms with Crippen LogP contribution < -0.4 is 14.8 Å². The lowest BCUT2D eigenvalue weighted by Gasteiger charge is -2.16. The first-order chi connectivity index (χ1) is 14.0. The van der Waals surface area contributed by atoms with Crippen molar-refractivity contribution >= 4 is 44.8 Å². The van der Waals surface area contributed by atoms with Crippen LogP contribution in [0.3, 0.4) is 0 Å². The maximum atomic E-state index is 13.4. The van der Waals surface area contributed by atoms with Gasteiger partial charge in [-0.2, -0.15) is 0 Å². The summed E-state index contributed by atoms with van der Waals surface area (Å²) >= 11 is 15.7. The molecule has 3 nitrogen and oxygen atoms in total. The average Bonchev–Trinajstić information content (AvgIpc) is 2.67. The summed E-state index contributed by atoms with van der Waals surface area (Å²) in [5, 5.41) is 4.42. The highest BCUT2D eigenvalue weighted by Gasteiger charge is 2.13. The molecule has 7 heteroatoms. The number of rotatable bonds is 8. The molecule has 0 radical (unpaired) electrons. The van der Waals surface area contributed by atoms with Crippen LogP contribution in [0.1, 0.15) is 18.1 Å². The second-order valence-electron chi connectivity index (χ2n) is 6.23. The van der Waals surface area contributed by atoms with Gasteiger partial charge in [-0.25, -0.2) is 4.39 Å². The molecule has 0 heterocycles. The van der Waals surface area contributed by atoms with Crippen molar-refractivity contribution in [2.75, 3.05) is 11.9 Å². The molecule has 3 aromatic rings. The Bertz CT molecular complexity index is 1000. The average molecular weight is 499 g/mol. The van der Waals surface area contributed by atoms with E-state index in [1.807, 2.05) is 31.2 Å². The van der Waals surface area contributed by atoms with Crippen LogP contribution in [0.25, 0.3) is 0 Å². The van der Waals surface area contributed by atoms with Crippen LogP contribution in [0.2, 0.25) is 10.0 Å². The fraction of sp³-hybridized carbons (Fsp3) is 0.182. The molecule has 3 aromatic carbocycles. The Hall–Kier alpha value is -1.95. The van der Waals surface area contributed by atoms with Crippen molar-refractivity contribution in [2.45, 2.75) is 20.1 Å². The Morgan fingerprint density at radius 3 is 2.55 bits per heavy atom. The van der Waals surface area contributed by atoms with Gasteiger partial charge in [-0.15, -0.1) is 0 Å². The highest BCUT2D eigenvalue weighted by atomic mass is 79.9. The summed E-state index contributed by atoms with van der Waals surface area (Å²) in [4.78, 5) is 0. The summed E-state index contributed by atoms with van der Waals surface area (Å²) in [6.07, 6.45) is 0. The van der Waals surface area contributed by atoms with Crippen LogP contribution in [0.4, 0.5) is 10.1 Å². The van der Waals surface area contributed by atoms with Gasteiger partial charge in [0.1, 0.15) is 12.4 Å². The van der Waals surface area contributed by atoms with E-state index in [1.165, 1.54) is 12.1 Å². The zero-order valence-electron chi connectivity index (χ0n) is 15.6. The summed E-state index contributed by atoms with van der Waals surface area (Å²) < 4.78 is 25.8. The highest BCUT2D eigenvalue weighted by molar-refractivity contribution is 9.10. The van der Waals surface area contributed by atoms with Gasteiger partial charge < -0.3 is 14.8 Å². The first-order valence-corrected chi connectivity index (χ1v) is 10.5. The first-order valence-electron chi connectivity index (χ1n) is 8.97.